The van der Waals surface area contributed by atoms with Crippen LogP contribution in [0.3, 0.4) is 0 Å². The van der Waals surface area contributed by atoms with Crippen LogP contribution in [0.4, 0.5) is 0 Å². The van der Waals surface area contributed by atoms with Gasteiger partial charge in [-0.25, -0.2) is 14.4 Å². The van der Waals surface area contributed by atoms with Crippen LogP contribution in [-0.4, -0.2) is 28.1 Å². The van der Waals surface area contributed by atoms with E-state index in [0.29, 0.717) is 11.3 Å². The summed E-state index contributed by atoms with van der Waals surface area (Å²) < 4.78 is 5.38. The number of benzene rings is 4. The van der Waals surface area contributed by atoms with E-state index in [1.807, 2.05) is 25.1 Å². The maximum atomic E-state index is 12.5. The van der Waals surface area contributed by atoms with Crippen molar-refractivity contribution in [3.8, 4) is 22.6 Å². The number of carboxylic acid groups (broad SMARTS) is 2. The van der Waals surface area contributed by atoms with Gasteiger partial charge in [0, 0.05) is 0 Å². The first-order chi connectivity index (χ1) is 18.2. The third kappa shape index (κ3) is 6.24. The number of hydrogen-bond acceptors (Lipinski definition) is 6. The van der Waals surface area contributed by atoms with Gasteiger partial charge in [-0.15, -0.1) is 0 Å². The third-order valence-electron chi connectivity index (χ3n) is 5.74. The average Bonchev–Trinajstić information content (AvgIpc) is 2.90. The van der Waals surface area contributed by atoms with E-state index < -0.39 is 17.9 Å². The fourth-order valence-electron chi connectivity index (χ4n) is 3.77. The van der Waals surface area contributed by atoms with Gasteiger partial charge in [-0.3, -0.25) is 0 Å². The highest BCUT2D eigenvalue weighted by molar-refractivity contribution is 6.03. The van der Waals surface area contributed by atoms with Crippen LogP contribution in [0.1, 0.15) is 47.8 Å². The molecule has 0 fully saturated rings. The number of carboxylic acids is 2. The summed E-state index contributed by atoms with van der Waals surface area (Å²) in [6.45, 7) is 3.53. The van der Waals surface area contributed by atoms with Crippen LogP contribution in [0.25, 0.3) is 11.1 Å². The highest BCUT2D eigenvalue weighted by Crippen LogP contribution is 2.26. The fraction of sp³-hybridized carbons (Fsp3) is 0.100. The molecule has 0 aliphatic heterocycles. The molecule has 0 saturated carbocycles. The number of hydrogen-bond donors (Lipinski definition) is 2. The molecule has 2 N–H and O–H groups in total. The van der Waals surface area contributed by atoms with Crippen molar-refractivity contribution in [1.29, 1.82) is 0 Å². The fourth-order valence-corrected chi connectivity index (χ4v) is 3.77. The molecule has 38 heavy (non-hydrogen) atoms. The zero-order valence-electron chi connectivity index (χ0n) is 20.6. The number of esters is 1. The Hall–Kier alpha value is -4.95. The molecule has 0 spiro atoms. The van der Waals surface area contributed by atoms with Crippen molar-refractivity contribution < 1.29 is 39.1 Å². The molecule has 0 aliphatic rings. The number of carbonyl (C=O) groups excluding carboxylic acids is 1. The molecular weight excluding hydrogens is 488 g/mol. The first-order valence-corrected chi connectivity index (χ1v) is 11.6. The van der Waals surface area contributed by atoms with Crippen molar-refractivity contribution in [2.24, 2.45) is 0 Å². The summed E-state index contributed by atoms with van der Waals surface area (Å²) in [6.07, 6.45) is 0. The normalized spacial score (nSPS) is 10.6. The Kier molecular flexibility index (Phi) is 7.84. The summed E-state index contributed by atoms with van der Waals surface area (Å²) in [4.78, 5) is 46.0. The highest BCUT2D eigenvalue weighted by atomic mass is 17.2. The van der Waals surface area contributed by atoms with Gasteiger partial charge >= 0.3 is 17.9 Å². The van der Waals surface area contributed by atoms with E-state index in [2.05, 4.69) is 0 Å². The SMILES string of the molecule is Cc1ccc(COOc2ccc(-c3ccc(OC(=O)c4ccc(C)cc4C(=O)O)cc3)cc2)c(C(=O)O)c1. The lowest BCUT2D eigenvalue weighted by atomic mass is 10.0. The van der Waals surface area contributed by atoms with Crippen LogP contribution in [0.5, 0.6) is 11.5 Å². The van der Waals surface area contributed by atoms with E-state index in [0.717, 1.165) is 22.3 Å². The summed E-state index contributed by atoms with van der Waals surface area (Å²) in [5.74, 6) is -2.26. The minimum Gasteiger partial charge on any atom is -0.478 e. The van der Waals surface area contributed by atoms with E-state index in [1.165, 1.54) is 12.1 Å². The van der Waals surface area contributed by atoms with E-state index in [-0.39, 0.29) is 29.0 Å². The summed E-state index contributed by atoms with van der Waals surface area (Å²) in [5, 5.41) is 18.7. The molecule has 0 bridgehead atoms. The molecule has 0 atom stereocenters. The molecule has 4 aromatic carbocycles. The lowest BCUT2D eigenvalue weighted by Gasteiger charge is -2.10. The maximum Gasteiger partial charge on any atom is 0.344 e. The van der Waals surface area contributed by atoms with Crippen molar-refractivity contribution in [2.75, 3.05) is 0 Å². The second kappa shape index (κ2) is 11.4. The summed E-state index contributed by atoms with van der Waals surface area (Å²) in [6, 6.07) is 23.4. The van der Waals surface area contributed by atoms with Gasteiger partial charge in [-0.1, -0.05) is 53.6 Å². The number of carbonyl (C=O) groups is 3. The Morgan fingerprint density at radius 1 is 0.632 bits per heavy atom. The molecule has 0 unspecified atom stereocenters. The molecule has 4 aromatic rings. The molecular formula is C30H24O8. The summed E-state index contributed by atoms with van der Waals surface area (Å²) in [5.41, 5.74) is 3.82. The highest BCUT2D eigenvalue weighted by Gasteiger charge is 2.18. The number of ether oxygens (including phenoxy) is 1. The van der Waals surface area contributed by atoms with Crippen molar-refractivity contribution in [2.45, 2.75) is 20.5 Å². The van der Waals surface area contributed by atoms with E-state index in [1.54, 1.807) is 61.5 Å². The second-order valence-electron chi connectivity index (χ2n) is 8.60. The van der Waals surface area contributed by atoms with Gasteiger partial charge in [0.05, 0.1) is 16.7 Å². The molecule has 192 valence electrons. The van der Waals surface area contributed by atoms with Crippen LogP contribution < -0.4 is 9.62 Å². The molecule has 0 aromatic heterocycles. The molecule has 8 heteroatoms. The Morgan fingerprint density at radius 3 is 1.74 bits per heavy atom. The van der Waals surface area contributed by atoms with Crippen LogP contribution in [0, 0.1) is 13.8 Å². The second-order valence-corrected chi connectivity index (χ2v) is 8.60. The number of aryl methyl sites for hydroxylation is 2. The van der Waals surface area contributed by atoms with Crippen LogP contribution >= 0.6 is 0 Å². The van der Waals surface area contributed by atoms with Gasteiger partial charge in [0.15, 0.2) is 5.75 Å². The average molecular weight is 513 g/mol. The Morgan fingerprint density at radius 2 is 1.16 bits per heavy atom. The Balaban J connectivity index is 1.36. The number of rotatable bonds is 9. The number of aromatic carboxylic acids is 2. The largest absolute Gasteiger partial charge is 0.478 e. The molecule has 0 heterocycles. The predicted octanol–water partition coefficient (Wildman–Crippen LogP) is 6.10. The van der Waals surface area contributed by atoms with Crippen molar-refractivity contribution in [1.82, 2.24) is 0 Å². The van der Waals surface area contributed by atoms with Gasteiger partial charge in [-0.05, 0) is 73.0 Å². The standard InChI is InChI=1S/C30H24O8/c1-18-3-5-22(26(15-18)28(31)32)17-36-38-24-12-8-21(9-13-24)20-6-10-23(11-7-20)37-30(35)25-14-4-19(2)16-27(25)29(33)34/h3-16H,17H2,1-2H3,(H,31,32)(H,33,34). The lowest BCUT2D eigenvalue weighted by Crippen LogP contribution is -2.14. The van der Waals surface area contributed by atoms with Crippen LogP contribution in [-0.2, 0) is 11.5 Å². The van der Waals surface area contributed by atoms with Gasteiger partial charge in [0.25, 0.3) is 0 Å². The molecule has 4 rings (SSSR count). The molecule has 8 nitrogen and oxygen atoms in total. The van der Waals surface area contributed by atoms with Crippen molar-refractivity contribution in [3.05, 3.63) is 118 Å². The smallest absolute Gasteiger partial charge is 0.344 e. The Bertz CT molecular complexity index is 1490. The quantitative estimate of drug-likeness (QED) is 0.120. The summed E-state index contributed by atoms with van der Waals surface area (Å²) >= 11 is 0. The summed E-state index contributed by atoms with van der Waals surface area (Å²) in [7, 11) is 0. The third-order valence-corrected chi connectivity index (χ3v) is 5.74. The van der Waals surface area contributed by atoms with Crippen LogP contribution in [0.15, 0.2) is 84.9 Å². The predicted molar refractivity (Wildman–Crippen MR) is 139 cm³/mol. The molecule has 0 amide bonds. The first-order valence-electron chi connectivity index (χ1n) is 11.6. The zero-order chi connectivity index (χ0) is 27.2. The lowest BCUT2D eigenvalue weighted by molar-refractivity contribution is -0.217. The first kappa shape index (κ1) is 26.1. The van der Waals surface area contributed by atoms with Crippen LogP contribution in [0.2, 0.25) is 0 Å². The van der Waals surface area contributed by atoms with Crippen molar-refractivity contribution >= 4 is 17.9 Å². The minimum atomic E-state index is -1.20. The molecule has 0 saturated heterocycles. The van der Waals surface area contributed by atoms with Crippen molar-refractivity contribution in [3.63, 3.8) is 0 Å². The maximum absolute atomic E-state index is 12.5. The monoisotopic (exact) mass is 512 g/mol. The molecule has 0 aliphatic carbocycles. The minimum absolute atomic E-state index is 0.0217. The van der Waals surface area contributed by atoms with Gasteiger partial charge in [-0.2, -0.15) is 4.89 Å². The van der Waals surface area contributed by atoms with E-state index >= 15 is 0 Å². The van der Waals surface area contributed by atoms with E-state index in [9.17, 15) is 24.6 Å². The van der Waals surface area contributed by atoms with Gasteiger partial charge in [0.2, 0.25) is 0 Å². The Labute approximate surface area is 218 Å². The zero-order valence-corrected chi connectivity index (χ0v) is 20.6. The van der Waals surface area contributed by atoms with E-state index in [4.69, 9.17) is 14.5 Å². The van der Waals surface area contributed by atoms with Gasteiger partial charge in [0.1, 0.15) is 12.4 Å². The molecule has 0 radical (unpaired) electrons. The topological polar surface area (TPSA) is 119 Å². The van der Waals surface area contributed by atoms with Gasteiger partial charge < -0.3 is 19.8 Å².